The molecule has 0 aliphatic carbocycles. The maximum atomic E-state index is 12.2. The second kappa shape index (κ2) is 4.91. The van der Waals surface area contributed by atoms with Crippen molar-refractivity contribution in [2.45, 2.75) is 25.6 Å². The first kappa shape index (κ1) is 13.4. The maximum absolute atomic E-state index is 12.2. The van der Waals surface area contributed by atoms with Crippen molar-refractivity contribution in [2.75, 3.05) is 19.7 Å². The summed E-state index contributed by atoms with van der Waals surface area (Å²) in [4.78, 5) is 13.8. The van der Waals surface area contributed by atoms with Gasteiger partial charge >= 0.3 is 0 Å². The average molecular weight is 274 g/mol. The number of rotatable bonds is 2. The average Bonchev–Trinajstić information content (AvgIpc) is 2.72. The molecule has 1 fully saturated rings. The molecule has 1 aliphatic rings. The largest absolute Gasteiger partial charge is 0.440 e. The van der Waals surface area contributed by atoms with Gasteiger partial charge in [-0.1, -0.05) is 0 Å². The lowest BCUT2D eigenvalue weighted by atomic mass is 10.1. The number of amides is 1. The molecule has 0 aromatic carbocycles. The first-order chi connectivity index (χ1) is 8.41. The number of furan rings is 1. The molecule has 1 saturated heterocycles. The topological polar surface area (TPSA) is 62.9 Å². The summed E-state index contributed by atoms with van der Waals surface area (Å²) in [5.74, 6) is -0.0360. The third-order valence-electron chi connectivity index (χ3n) is 2.76. The SMILES string of the molecule is CC1(C)CN(C(=O)c2ccc(Cl)o2)CC(CO)O1. The quantitative estimate of drug-likeness (QED) is 0.888. The molecule has 0 bridgehead atoms. The van der Waals surface area contributed by atoms with Crippen LogP contribution >= 0.6 is 11.6 Å². The van der Waals surface area contributed by atoms with E-state index in [1.807, 2.05) is 13.8 Å². The Balaban J connectivity index is 2.14. The molecule has 1 N–H and O–H groups in total. The van der Waals surface area contributed by atoms with E-state index in [-0.39, 0.29) is 29.6 Å². The number of carbonyl (C=O) groups excluding carboxylic acids is 1. The monoisotopic (exact) mass is 273 g/mol. The summed E-state index contributed by atoms with van der Waals surface area (Å²) in [5.41, 5.74) is -0.488. The van der Waals surface area contributed by atoms with Crippen LogP contribution in [0, 0.1) is 0 Å². The van der Waals surface area contributed by atoms with Gasteiger partial charge in [0.2, 0.25) is 0 Å². The minimum atomic E-state index is -0.488. The number of nitrogens with zero attached hydrogens (tertiary/aromatic N) is 1. The smallest absolute Gasteiger partial charge is 0.289 e. The first-order valence-corrected chi connectivity index (χ1v) is 6.12. The Labute approximate surface area is 110 Å². The highest BCUT2D eigenvalue weighted by Crippen LogP contribution is 2.23. The molecule has 5 nitrogen and oxygen atoms in total. The number of hydrogen-bond acceptors (Lipinski definition) is 4. The van der Waals surface area contributed by atoms with Crippen molar-refractivity contribution in [3.63, 3.8) is 0 Å². The fourth-order valence-electron chi connectivity index (χ4n) is 2.13. The van der Waals surface area contributed by atoms with Crippen LogP contribution in [-0.2, 0) is 4.74 Å². The molecule has 1 atom stereocenters. The highest BCUT2D eigenvalue weighted by Gasteiger charge is 2.36. The molecule has 1 aromatic rings. The normalized spacial score (nSPS) is 23.1. The van der Waals surface area contributed by atoms with E-state index in [0.29, 0.717) is 13.1 Å². The van der Waals surface area contributed by atoms with Crippen LogP contribution in [0.15, 0.2) is 16.5 Å². The Morgan fingerprint density at radius 2 is 2.33 bits per heavy atom. The zero-order chi connectivity index (χ0) is 13.3. The van der Waals surface area contributed by atoms with Gasteiger partial charge in [0.05, 0.1) is 18.3 Å². The van der Waals surface area contributed by atoms with Crippen molar-refractivity contribution in [3.05, 3.63) is 23.1 Å². The van der Waals surface area contributed by atoms with Gasteiger partial charge in [-0.05, 0) is 37.6 Å². The molecular weight excluding hydrogens is 258 g/mol. The Hall–Kier alpha value is -1.04. The summed E-state index contributed by atoms with van der Waals surface area (Å²) in [6.45, 7) is 4.43. The van der Waals surface area contributed by atoms with E-state index in [9.17, 15) is 9.90 Å². The van der Waals surface area contributed by atoms with E-state index < -0.39 is 5.60 Å². The van der Waals surface area contributed by atoms with Crippen LogP contribution in [0.2, 0.25) is 5.22 Å². The van der Waals surface area contributed by atoms with Crippen molar-refractivity contribution >= 4 is 17.5 Å². The number of aliphatic hydroxyl groups is 1. The molecule has 0 radical (unpaired) electrons. The van der Waals surface area contributed by atoms with Crippen LogP contribution in [0.1, 0.15) is 24.4 Å². The molecule has 1 aromatic heterocycles. The lowest BCUT2D eigenvalue weighted by Crippen LogP contribution is -2.55. The Morgan fingerprint density at radius 1 is 1.61 bits per heavy atom. The van der Waals surface area contributed by atoms with Crippen molar-refractivity contribution in [3.8, 4) is 0 Å². The van der Waals surface area contributed by atoms with Gasteiger partial charge in [-0.3, -0.25) is 4.79 Å². The molecule has 100 valence electrons. The fraction of sp³-hybridized carbons (Fsp3) is 0.583. The maximum Gasteiger partial charge on any atom is 0.289 e. The zero-order valence-electron chi connectivity index (χ0n) is 10.4. The van der Waals surface area contributed by atoms with Crippen LogP contribution in [0.3, 0.4) is 0 Å². The summed E-state index contributed by atoms with van der Waals surface area (Å²) in [7, 11) is 0. The van der Waals surface area contributed by atoms with Gasteiger partial charge in [0.25, 0.3) is 5.91 Å². The lowest BCUT2D eigenvalue weighted by Gasteiger charge is -2.41. The van der Waals surface area contributed by atoms with Crippen molar-refractivity contribution in [1.82, 2.24) is 4.90 Å². The molecule has 2 rings (SSSR count). The van der Waals surface area contributed by atoms with E-state index in [2.05, 4.69) is 0 Å². The highest BCUT2D eigenvalue weighted by molar-refractivity contribution is 6.29. The third kappa shape index (κ3) is 2.85. The van der Waals surface area contributed by atoms with Crippen molar-refractivity contribution < 1.29 is 19.1 Å². The number of carbonyl (C=O) groups is 1. The Kier molecular flexibility index (Phi) is 3.66. The fourth-order valence-corrected chi connectivity index (χ4v) is 2.28. The minimum Gasteiger partial charge on any atom is -0.440 e. The van der Waals surface area contributed by atoms with Gasteiger partial charge < -0.3 is 19.2 Å². The molecule has 6 heteroatoms. The summed E-state index contributed by atoms with van der Waals surface area (Å²) < 4.78 is 10.8. The van der Waals surface area contributed by atoms with E-state index in [4.69, 9.17) is 20.8 Å². The number of hydrogen-bond donors (Lipinski definition) is 1. The highest BCUT2D eigenvalue weighted by atomic mass is 35.5. The molecule has 18 heavy (non-hydrogen) atoms. The van der Waals surface area contributed by atoms with Crippen LogP contribution in [0.5, 0.6) is 0 Å². The second-order valence-corrected chi connectivity index (χ2v) is 5.34. The van der Waals surface area contributed by atoms with Gasteiger partial charge in [-0.15, -0.1) is 0 Å². The van der Waals surface area contributed by atoms with Gasteiger partial charge in [-0.2, -0.15) is 0 Å². The van der Waals surface area contributed by atoms with Gasteiger partial charge in [0.1, 0.15) is 0 Å². The van der Waals surface area contributed by atoms with E-state index in [1.165, 1.54) is 6.07 Å². The number of ether oxygens (including phenoxy) is 1. The van der Waals surface area contributed by atoms with Crippen molar-refractivity contribution in [2.24, 2.45) is 0 Å². The van der Waals surface area contributed by atoms with E-state index >= 15 is 0 Å². The summed E-state index contributed by atoms with van der Waals surface area (Å²) in [5, 5.41) is 9.37. The molecular formula is C12H16ClNO4. The van der Waals surface area contributed by atoms with Crippen LogP contribution in [0.25, 0.3) is 0 Å². The lowest BCUT2D eigenvalue weighted by molar-refractivity contribution is -0.139. The standard InChI is InChI=1S/C12H16ClNO4/c1-12(2)7-14(5-8(6-15)18-12)11(16)9-3-4-10(13)17-9/h3-4,8,15H,5-7H2,1-2H3. The predicted octanol–water partition coefficient (Wildman–Crippen LogP) is 1.54. The third-order valence-corrected chi connectivity index (χ3v) is 2.96. The summed E-state index contributed by atoms with van der Waals surface area (Å²) in [6.07, 6.45) is -0.372. The number of halogens is 1. The number of aliphatic hydroxyl groups excluding tert-OH is 1. The van der Waals surface area contributed by atoms with E-state index in [0.717, 1.165) is 0 Å². The van der Waals surface area contributed by atoms with Crippen LogP contribution in [-0.4, -0.2) is 47.3 Å². The van der Waals surface area contributed by atoms with Gasteiger partial charge in [-0.25, -0.2) is 0 Å². The molecule has 1 aliphatic heterocycles. The molecule has 1 amide bonds. The molecule has 0 spiro atoms. The summed E-state index contributed by atoms with van der Waals surface area (Å²) >= 11 is 5.65. The Bertz CT molecular complexity index is 443. The molecule has 0 saturated carbocycles. The van der Waals surface area contributed by atoms with Crippen LogP contribution < -0.4 is 0 Å². The first-order valence-electron chi connectivity index (χ1n) is 5.74. The van der Waals surface area contributed by atoms with Gasteiger partial charge in [0.15, 0.2) is 11.0 Å². The number of morpholine rings is 1. The van der Waals surface area contributed by atoms with Crippen molar-refractivity contribution in [1.29, 1.82) is 0 Å². The Morgan fingerprint density at radius 3 is 2.89 bits per heavy atom. The van der Waals surface area contributed by atoms with Crippen LogP contribution in [0.4, 0.5) is 0 Å². The predicted molar refractivity (Wildman–Crippen MR) is 65.7 cm³/mol. The second-order valence-electron chi connectivity index (χ2n) is 4.97. The molecule has 1 unspecified atom stereocenters. The zero-order valence-corrected chi connectivity index (χ0v) is 11.1. The minimum absolute atomic E-state index is 0.119. The van der Waals surface area contributed by atoms with E-state index in [1.54, 1.807) is 11.0 Å². The van der Waals surface area contributed by atoms with Gasteiger partial charge in [0, 0.05) is 13.1 Å². The molecule has 2 heterocycles. The summed E-state index contributed by atoms with van der Waals surface area (Å²) in [6, 6.07) is 3.07.